The van der Waals surface area contributed by atoms with E-state index in [0.29, 0.717) is 30.2 Å². The monoisotopic (exact) mass is 395 g/mol. The number of hydrogen-bond donors (Lipinski definition) is 2. The lowest BCUT2D eigenvalue weighted by Crippen LogP contribution is -2.33. The zero-order valence-corrected chi connectivity index (χ0v) is 16.4. The Bertz CT molecular complexity index is 852. The number of carbonyl (C=O) groups excluding carboxylic acids is 3. The summed E-state index contributed by atoms with van der Waals surface area (Å²) in [5.41, 5.74) is 1.42. The van der Waals surface area contributed by atoms with Gasteiger partial charge in [-0.15, -0.1) is 0 Å². The van der Waals surface area contributed by atoms with Gasteiger partial charge < -0.3 is 20.3 Å². The molecular formula is C22H25N3O4. The highest BCUT2D eigenvalue weighted by Gasteiger charge is 2.34. The van der Waals surface area contributed by atoms with Crippen LogP contribution in [0.2, 0.25) is 0 Å². The Labute approximate surface area is 170 Å². The van der Waals surface area contributed by atoms with Crippen molar-refractivity contribution in [1.82, 2.24) is 5.32 Å². The van der Waals surface area contributed by atoms with Gasteiger partial charge in [0.1, 0.15) is 5.75 Å². The Hall–Kier alpha value is -3.35. The highest BCUT2D eigenvalue weighted by Crippen LogP contribution is 2.27. The number of nitrogens with one attached hydrogen (secondary N) is 2. The van der Waals surface area contributed by atoms with Gasteiger partial charge in [-0.2, -0.15) is 0 Å². The largest absolute Gasteiger partial charge is 0.484 e. The van der Waals surface area contributed by atoms with Crippen molar-refractivity contribution in [3.63, 3.8) is 0 Å². The van der Waals surface area contributed by atoms with E-state index in [1.807, 2.05) is 25.1 Å². The van der Waals surface area contributed by atoms with Crippen LogP contribution in [0.3, 0.4) is 0 Å². The van der Waals surface area contributed by atoms with E-state index in [2.05, 4.69) is 10.6 Å². The summed E-state index contributed by atoms with van der Waals surface area (Å²) in [6, 6.07) is 16.1. The van der Waals surface area contributed by atoms with Gasteiger partial charge >= 0.3 is 0 Å². The second kappa shape index (κ2) is 9.73. The smallest absolute Gasteiger partial charge is 0.262 e. The standard InChI is InChI=1S/C22H25N3O4/c1-2-12-23-22(28)16-13-21(27)25(14-16)18-8-10-19(11-9-18)29-15-20(26)24-17-6-4-3-5-7-17/h3-11,16H,2,12-15H2,1H3,(H,23,28)(H,24,26)/t16-/m0/s1. The van der Waals surface area contributed by atoms with Crippen LogP contribution in [0.15, 0.2) is 54.6 Å². The molecule has 7 heteroatoms. The molecule has 0 aliphatic carbocycles. The molecule has 152 valence electrons. The lowest BCUT2D eigenvalue weighted by Gasteiger charge is -2.17. The molecule has 2 aromatic carbocycles. The van der Waals surface area contributed by atoms with Crippen LogP contribution >= 0.6 is 0 Å². The molecule has 0 spiro atoms. The van der Waals surface area contributed by atoms with E-state index in [0.717, 1.165) is 6.42 Å². The Morgan fingerprint density at radius 2 is 1.83 bits per heavy atom. The molecule has 2 N–H and O–H groups in total. The van der Waals surface area contributed by atoms with Crippen molar-refractivity contribution in [2.45, 2.75) is 19.8 Å². The number of rotatable bonds is 8. The molecule has 7 nitrogen and oxygen atoms in total. The van der Waals surface area contributed by atoms with Crippen LogP contribution in [0, 0.1) is 5.92 Å². The summed E-state index contributed by atoms with van der Waals surface area (Å²) >= 11 is 0. The predicted octanol–water partition coefficient (Wildman–Crippen LogP) is 2.58. The number of amides is 3. The van der Waals surface area contributed by atoms with Crippen molar-refractivity contribution in [3.05, 3.63) is 54.6 Å². The average molecular weight is 395 g/mol. The Morgan fingerprint density at radius 1 is 1.10 bits per heavy atom. The van der Waals surface area contributed by atoms with Gasteiger partial charge in [0.25, 0.3) is 5.91 Å². The van der Waals surface area contributed by atoms with Crippen LogP contribution in [-0.2, 0) is 14.4 Å². The van der Waals surface area contributed by atoms with Gasteiger partial charge in [0.05, 0.1) is 5.92 Å². The summed E-state index contributed by atoms with van der Waals surface area (Å²) in [7, 11) is 0. The van der Waals surface area contributed by atoms with E-state index in [9.17, 15) is 14.4 Å². The van der Waals surface area contributed by atoms with Gasteiger partial charge in [-0.25, -0.2) is 0 Å². The number of benzene rings is 2. The number of para-hydroxylation sites is 1. The first-order chi connectivity index (χ1) is 14.1. The molecule has 2 aromatic rings. The van der Waals surface area contributed by atoms with E-state index in [1.165, 1.54) is 0 Å². The molecule has 1 saturated heterocycles. The predicted molar refractivity (Wildman–Crippen MR) is 111 cm³/mol. The van der Waals surface area contributed by atoms with Crippen molar-refractivity contribution < 1.29 is 19.1 Å². The maximum Gasteiger partial charge on any atom is 0.262 e. The topological polar surface area (TPSA) is 87.7 Å². The van der Waals surface area contributed by atoms with Crippen LogP contribution in [-0.4, -0.2) is 37.4 Å². The molecular weight excluding hydrogens is 370 g/mol. The normalized spacial score (nSPS) is 15.8. The quantitative estimate of drug-likeness (QED) is 0.719. The molecule has 1 heterocycles. The maximum atomic E-state index is 12.3. The minimum Gasteiger partial charge on any atom is -0.484 e. The van der Waals surface area contributed by atoms with Crippen molar-refractivity contribution >= 4 is 29.1 Å². The summed E-state index contributed by atoms with van der Waals surface area (Å²) in [6.07, 6.45) is 1.08. The van der Waals surface area contributed by atoms with Gasteiger partial charge in [0, 0.05) is 30.9 Å². The fourth-order valence-corrected chi connectivity index (χ4v) is 3.12. The fraction of sp³-hybridized carbons (Fsp3) is 0.318. The summed E-state index contributed by atoms with van der Waals surface area (Å²) in [5.74, 6) is -0.201. The minimum atomic E-state index is -0.327. The highest BCUT2D eigenvalue weighted by molar-refractivity contribution is 6.00. The van der Waals surface area contributed by atoms with E-state index in [1.54, 1.807) is 41.3 Å². The van der Waals surface area contributed by atoms with Crippen LogP contribution in [0.4, 0.5) is 11.4 Å². The Balaban J connectivity index is 1.51. The third kappa shape index (κ3) is 5.57. The van der Waals surface area contributed by atoms with E-state index in [-0.39, 0.29) is 36.7 Å². The van der Waals surface area contributed by atoms with Gasteiger partial charge in [-0.1, -0.05) is 25.1 Å². The van der Waals surface area contributed by atoms with Gasteiger partial charge in [0.2, 0.25) is 11.8 Å². The van der Waals surface area contributed by atoms with E-state index < -0.39 is 0 Å². The van der Waals surface area contributed by atoms with Crippen molar-refractivity contribution in [3.8, 4) is 5.75 Å². The number of ether oxygens (including phenoxy) is 1. The number of anilines is 2. The second-order valence-corrected chi connectivity index (χ2v) is 6.89. The molecule has 0 aromatic heterocycles. The molecule has 1 aliphatic heterocycles. The summed E-state index contributed by atoms with van der Waals surface area (Å²) < 4.78 is 5.51. The van der Waals surface area contributed by atoms with Crippen LogP contribution in [0.25, 0.3) is 0 Å². The van der Waals surface area contributed by atoms with Crippen LogP contribution in [0.1, 0.15) is 19.8 Å². The first-order valence-corrected chi connectivity index (χ1v) is 9.72. The zero-order chi connectivity index (χ0) is 20.6. The Morgan fingerprint density at radius 3 is 2.52 bits per heavy atom. The SMILES string of the molecule is CCCNC(=O)[C@H]1CC(=O)N(c2ccc(OCC(=O)Nc3ccccc3)cc2)C1. The van der Waals surface area contributed by atoms with Crippen molar-refractivity contribution in [1.29, 1.82) is 0 Å². The van der Waals surface area contributed by atoms with Crippen LogP contribution < -0.4 is 20.3 Å². The maximum absolute atomic E-state index is 12.3. The highest BCUT2D eigenvalue weighted by atomic mass is 16.5. The Kier molecular flexibility index (Phi) is 6.84. The molecule has 1 atom stereocenters. The molecule has 0 bridgehead atoms. The van der Waals surface area contributed by atoms with E-state index >= 15 is 0 Å². The minimum absolute atomic E-state index is 0.0717. The molecule has 29 heavy (non-hydrogen) atoms. The van der Waals surface area contributed by atoms with Crippen molar-refractivity contribution in [2.75, 3.05) is 29.9 Å². The second-order valence-electron chi connectivity index (χ2n) is 6.89. The summed E-state index contributed by atoms with van der Waals surface area (Å²) in [6.45, 7) is 2.86. The van der Waals surface area contributed by atoms with Gasteiger partial charge in [-0.3, -0.25) is 14.4 Å². The third-order valence-corrected chi connectivity index (χ3v) is 4.62. The third-order valence-electron chi connectivity index (χ3n) is 4.62. The molecule has 1 aliphatic rings. The van der Waals surface area contributed by atoms with Gasteiger partial charge in [0.15, 0.2) is 6.61 Å². The molecule has 1 fully saturated rings. The molecule has 3 rings (SSSR count). The van der Waals surface area contributed by atoms with Gasteiger partial charge in [-0.05, 0) is 42.8 Å². The zero-order valence-electron chi connectivity index (χ0n) is 16.4. The first-order valence-electron chi connectivity index (χ1n) is 9.72. The van der Waals surface area contributed by atoms with Crippen molar-refractivity contribution in [2.24, 2.45) is 5.92 Å². The van der Waals surface area contributed by atoms with E-state index in [4.69, 9.17) is 4.74 Å². The molecule has 3 amide bonds. The van der Waals surface area contributed by atoms with Crippen LogP contribution in [0.5, 0.6) is 5.75 Å². The first kappa shape index (κ1) is 20.4. The lowest BCUT2D eigenvalue weighted by atomic mass is 10.1. The average Bonchev–Trinajstić information content (AvgIpc) is 3.13. The molecule has 0 saturated carbocycles. The summed E-state index contributed by atoms with van der Waals surface area (Å²) in [4.78, 5) is 38.0. The lowest BCUT2D eigenvalue weighted by molar-refractivity contribution is -0.126. The molecule has 0 unspecified atom stereocenters. The fourth-order valence-electron chi connectivity index (χ4n) is 3.12. The number of nitrogens with zero attached hydrogens (tertiary/aromatic N) is 1. The summed E-state index contributed by atoms with van der Waals surface area (Å²) in [5, 5.41) is 5.59. The number of carbonyl (C=O) groups is 3. The number of hydrogen-bond acceptors (Lipinski definition) is 4. The molecule has 0 radical (unpaired) electrons.